The number of rotatable bonds is 3. The summed E-state index contributed by atoms with van der Waals surface area (Å²) in [6, 6.07) is 0.124. The number of hydrogen-bond donors (Lipinski definition) is 2. The molecular formula is C12H15BrN6O. The molecule has 2 aromatic heterocycles. The molecule has 2 heterocycles. The molecule has 1 saturated carbocycles. The average molecular weight is 339 g/mol. The monoisotopic (exact) mass is 338 g/mol. The highest BCUT2D eigenvalue weighted by atomic mass is 79.9. The van der Waals surface area contributed by atoms with Crippen LogP contribution in [-0.2, 0) is 0 Å². The summed E-state index contributed by atoms with van der Waals surface area (Å²) in [7, 11) is 0. The molecule has 0 aliphatic heterocycles. The minimum absolute atomic E-state index is 0.124. The lowest BCUT2D eigenvalue weighted by Crippen LogP contribution is -2.40. The lowest BCUT2D eigenvalue weighted by atomic mass is 10.0. The normalized spacial score (nSPS) is 22.3. The average Bonchev–Trinajstić information content (AvgIpc) is 3.04. The van der Waals surface area contributed by atoms with Gasteiger partial charge in [-0.15, -0.1) is 5.10 Å². The fraction of sp³-hybridized carbons (Fsp3) is 0.500. The van der Waals surface area contributed by atoms with Crippen molar-refractivity contribution < 1.29 is 4.79 Å². The molecule has 1 amide bonds. The van der Waals surface area contributed by atoms with Crippen LogP contribution in [0.4, 0.5) is 0 Å². The molecule has 1 aliphatic carbocycles. The van der Waals surface area contributed by atoms with E-state index in [1.165, 1.54) is 4.52 Å². The Morgan fingerprint density at radius 1 is 1.55 bits per heavy atom. The fourth-order valence-electron chi connectivity index (χ4n) is 2.60. The van der Waals surface area contributed by atoms with E-state index >= 15 is 0 Å². The van der Waals surface area contributed by atoms with Crippen molar-refractivity contribution in [3.63, 3.8) is 0 Å². The molecule has 7 nitrogen and oxygen atoms in total. The number of fused-ring (bicyclic) bond motifs is 1. The van der Waals surface area contributed by atoms with Gasteiger partial charge in [0, 0.05) is 18.4 Å². The number of halogens is 1. The first-order valence-electron chi connectivity index (χ1n) is 6.56. The molecule has 3 N–H and O–H groups in total. The van der Waals surface area contributed by atoms with Crippen molar-refractivity contribution in [2.24, 2.45) is 11.7 Å². The van der Waals surface area contributed by atoms with Gasteiger partial charge < -0.3 is 11.1 Å². The second-order valence-electron chi connectivity index (χ2n) is 4.96. The molecule has 0 spiro atoms. The van der Waals surface area contributed by atoms with E-state index in [0.29, 0.717) is 18.2 Å². The Hall–Kier alpha value is -1.54. The quantitative estimate of drug-likeness (QED) is 0.860. The molecule has 2 aromatic rings. The van der Waals surface area contributed by atoms with Gasteiger partial charge in [0.15, 0.2) is 0 Å². The van der Waals surface area contributed by atoms with Crippen molar-refractivity contribution in [3.8, 4) is 0 Å². The maximum atomic E-state index is 12.2. The second-order valence-corrected chi connectivity index (χ2v) is 5.87. The van der Waals surface area contributed by atoms with E-state index in [0.717, 1.165) is 23.7 Å². The smallest absolute Gasteiger partial charge is 0.291 e. The molecule has 106 valence electrons. The van der Waals surface area contributed by atoms with E-state index in [1.54, 1.807) is 12.4 Å². The third-order valence-corrected chi connectivity index (χ3v) is 4.05. The Balaban J connectivity index is 1.78. The fourth-order valence-corrected chi connectivity index (χ4v) is 2.89. The highest BCUT2D eigenvalue weighted by Gasteiger charge is 2.28. The Bertz CT molecular complexity index is 642. The van der Waals surface area contributed by atoms with Crippen molar-refractivity contribution in [2.45, 2.75) is 25.3 Å². The SMILES string of the molecule is NCC1CCCC1NC(=O)c1nc2ncc(Br)cn2n1. The Kier molecular flexibility index (Phi) is 3.66. The van der Waals surface area contributed by atoms with E-state index < -0.39 is 0 Å². The van der Waals surface area contributed by atoms with Gasteiger partial charge in [0.1, 0.15) is 0 Å². The van der Waals surface area contributed by atoms with Crippen LogP contribution in [0.2, 0.25) is 0 Å². The lowest BCUT2D eigenvalue weighted by molar-refractivity contribution is 0.0918. The number of hydrogen-bond acceptors (Lipinski definition) is 5. The van der Waals surface area contributed by atoms with Crippen LogP contribution in [-0.4, -0.2) is 38.1 Å². The van der Waals surface area contributed by atoms with Crippen LogP contribution in [0.25, 0.3) is 5.78 Å². The molecule has 1 aliphatic rings. The zero-order valence-electron chi connectivity index (χ0n) is 10.8. The van der Waals surface area contributed by atoms with Gasteiger partial charge >= 0.3 is 0 Å². The zero-order chi connectivity index (χ0) is 14.1. The van der Waals surface area contributed by atoms with Crippen molar-refractivity contribution >= 4 is 27.6 Å². The van der Waals surface area contributed by atoms with E-state index in [4.69, 9.17) is 5.73 Å². The highest BCUT2D eigenvalue weighted by Crippen LogP contribution is 2.24. The zero-order valence-corrected chi connectivity index (χ0v) is 12.4. The molecular weight excluding hydrogens is 324 g/mol. The van der Waals surface area contributed by atoms with Crippen LogP contribution in [0.1, 0.15) is 29.9 Å². The third kappa shape index (κ3) is 2.53. The van der Waals surface area contributed by atoms with E-state index in [1.807, 2.05) is 0 Å². The van der Waals surface area contributed by atoms with Gasteiger partial charge in [-0.05, 0) is 41.2 Å². The van der Waals surface area contributed by atoms with Crippen molar-refractivity contribution in [3.05, 3.63) is 22.7 Å². The molecule has 8 heteroatoms. The molecule has 0 bridgehead atoms. The van der Waals surface area contributed by atoms with E-state index in [-0.39, 0.29) is 17.8 Å². The topological polar surface area (TPSA) is 98.2 Å². The van der Waals surface area contributed by atoms with Crippen molar-refractivity contribution in [2.75, 3.05) is 6.54 Å². The third-order valence-electron chi connectivity index (χ3n) is 3.64. The number of nitrogens with two attached hydrogens (primary N) is 1. The minimum atomic E-state index is -0.267. The van der Waals surface area contributed by atoms with E-state index in [9.17, 15) is 4.79 Å². The summed E-state index contributed by atoms with van der Waals surface area (Å²) in [6.07, 6.45) is 6.46. The van der Waals surface area contributed by atoms with Gasteiger partial charge in [0.05, 0.1) is 4.47 Å². The maximum absolute atomic E-state index is 12.2. The first-order chi connectivity index (χ1) is 9.67. The Morgan fingerprint density at radius 2 is 2.40 bits per heavy atom. The number of amides is 1. The van der Waals surface area contributed by atoms with Crippen LogP contribution >= 0.6 is 15.9 Å². The summed E-state index contributed by atoms with van der Waals surface area (Å²) >= 11 is 3.30. The van der Waals surface area contributed by atoms with E-state index in [2.05, 4.69) is 36.3 Å². The summed E-state index contributed by atoms with van der Waals surface area (Å²) in [5, 5.41) is 7.11. The van der Waals surface area contributed by atoms with Gasteiger partial charge in [-0.2, -0.15) is 4.98 Å². The standard InChI is InChI=1S/C12H15BrN6O/c13-8-5-15-12-17-10(18-19(12)6-8)11(20)16-9-3-1-2-7(9)4-14/h5-7,9H,1-4,14H2,(H,16,20). The molecule has 0 radical (unpaired) electrons. The largest absolute Gasteiger partial charge is 0.346 e. The van der Waals surface area contributed by atoms with Crippen LogP contribution in [0.5, 0.6) is 0 Å². The first kappa shape index (κ1) is 13.4. The highest BCUT2D eigenvalue weighted by molar-refractivity contribution is 9.10. The number of carbonyl (C=O) groups excluding carboxylic acids is 1. The number of nitrogens with one attached hydrogen (secondary N) is 1. The van der Waals surface area contributed by atoms with Gasteiger partial charge in [-0.25, -0.2) is 9.50 Å². The minimum Gasteiger partial charge on any atom is -0.346 e. The summed E-state index contributed by atoms with van der Waals surface area (Å²) in [5.74, 6) is 0.624. The molecule has 0 aromatic carbocycles. The Labute approximate surface area is 124 Å². The molecule has 3 rings (SSSR count). The van der Waals surface area contributed by atoms with Gasteiger partial charge in [-0.3, -0.25) is 4.79 Å². The number of nitrogens with zero attached hydrogens (tertiary/aromatic N) is 4. The van der Waals surface area contributed by atoms with Crippen LogP contribution in [0, 0.1) is 5.92 Å². The summed E-state index contributed by atoms with van der Waals surface area (Å²) in [5.41, 5.74) is 5.71. The van der Waals surface area contributed by atoms with Gasteiger partial charge in [0.2, 0.25) is 5.82 Å². The first-order valence-corrected chi connectivity index (χ1v) is 7.35. The Morgan fingerprint density at radius 3 is 3.20 bits per heavy atom. The van der Waals surface area contributed by atoms with Gasteiger partial charge in [0.25, 0.3) is 11.7 Å². The maximum Gasteiger partial charge on any atom is 0.291 e. The van der Waals surface area contributed by atoms with Crippen LogP contribution in [0.15, 0.2) is 16.9 Å². The second kappa shape index (κ2) is 5.45. The van der Waals surface area contributed by atoms with Crippen molar-refractivity contribution in [1.82, 2.24) is 24.9 Å². The molecule has 0 saturated heterocycles. The summed E-state index contributed by atoms with van der Waals surface area (Å²) < 4.78 is 2.26. The number of aromatic nitrogens is 4. The van der Waals surface area contributed by atoms with Crippen molar-refractivity contribution in [1.29, 1.82) is 0 Å². The lowest BCUT2D eigenvalue weighted by Gasteiger charge is -2.18. The molecule has 20 heavy (non-hydrogen) atoms. The summed E-state index contributed by atoms with van der Waals surface area (Å²) in [4.78, 5) is 20.4. The number of carbonyl (C=O) groups is 1. The summed E-state index contributed by atoms with van der Waals surface area (Å²) in [6.45, 7) is 0.595. The predicted octanol–water partition coefficient (Wildman–Crippen LogP) is 0.744. The molecule has 2 atom stereocenters. The van der Waals surface area contributed by atoms with Crippen LogP contribution < -0.4 is 11.1 Å². The van der Waals surface area contributed by atoms with Gasteiger partial charge in [-0.1, -0.05) is 6.42 Å². The molecule has 1 fully saturated rings. The van der Waals surface area contributed by atoms with Crippen LogP contribution in [0.3, 0.4) is 0 Å². The molecule has 2 unspecified atom stereocenters. The predicted molar refractivity (Wildman–Crippen MR) is 76.1 cm³/mol.